The quantitative estimate of drug-likeness (QED) is 0.218. The van der Waals surface area contributed by atoms with E-state index in [0.29, 0.717) is 62.9 Å². The van der Waals surface area contributed by atoms with E-state index < -0.39 is 80.9 Å². The lowest BCUT2D eigenvalue weighted by Crippen LogP contribution is -2.39. The van der Waals surface area contributed by atoms with Gasteiger partial charge in [0.2, 0.25) is 32.3 Å². The van der Waals surface area contributed by atoms with Crippen LogP contribution in [0.3, 0.4) is 0 Å². The zero-order chi connectivity index (χ0) is 42.0. The zero-order valence-electron chi connectivity index (χ0n) is 30.9. The summed E-state index contributed by atoms with van der Waals surface area (Å²) in [7, 11) is -17.2. The molecule has 302 valence electrons. The van der Waals surface area contributed by atoms with Crippen molar-refractivity contribution in [3.05, 3.63) is 93.7 Å². The fourth-order valence-electron chi connectivity index (χ4n) is 7.10. The van der Waals surface area contributed by atoms with Crippen LogP contribution in [0, 0.1) is 0 Å². The summed E-state index contributed by atoms with van der Waals surface area (Å²) in [5, 5.41) is 0.372. The molecule has 56 heavy (non-hydrogen) atoms. The Labute approximate surface area is 330 Å². The number of amides is 2. The SMILES string of the molecule is CC1(C)C(/C=C/C2=C(Cl)C(=C/C=C3/N(CC(=O)NS(C)(=O)=O)c4ccc(S(=O)(=O)O)cc4C3(C)C)/CC2)=[N+](CC(=O)NS(C)(=O)=O)c2ccc(S(=O)(=O)[O-])cc21. The number of anilines is 1. The molecular weight excluding hydrogens is 832 g/mol. The number of carbonyl (C=O) groups is 2. The molecule has 5 rings (SSSR count). The molecule has 0 fully saturated rings. The first-order chi connectivity index (χ1) is 25.5. The maximum atomic E-state index is 12.8. The van der Waals surface area contributed by atoms with Gasteiger partial charge in [0.25, 0.3) is 21.9 Å². The average molecular weight is 871 g/mol. The first kappa shape index (κ1) is 43.0. The Bertz CT molecular complexity index is 2690. The van der Waals surface area contributed by atoms with Crippen molar-refractivity contribution in [2.45, 2.75) is 61.2 Å². The van der Waals surface area contributed by atoms with Crippen LogP contribution in [0.25, 0.3) is 0 Å². The summed E-state index contributed by atoms with van der Waals surface area (Å²) in [5.41, 5.74) is 2.08. The predicted molar refractivity (Wildman–Crippen MR) is 207 cm³/mol. The van der Waals surface area contributed by atoms with Crippen LogP contribution in [0.15, 0.2) is 92.4 Å². The van der Waals surface area contributed by atoms with Gasteiger partial charge in [0.1, 0.15) is 16.7 Å². The van der Waals surface area contributed by atoms with Crippen LogP contribution in [0.2, 0.25) is 0 Å². The molecule has 16 nitrogen and oxygen atoms in total. The summed E-state index contributed by atoms with van der Waals surface area (Å²) in [6.07, 6.45) is 9.42. The maximum absolute atomic E-state index is 12.8. The minimum Gasteiger partial charge on any atom is -0.744 e. The zero-order valence-corrected chi connectivity index (χ0v) is 35.0. The van der Waals surface area contributed by atoms with Crippen molar-refractivity contribution in [1.82, 2.24) is 9.44 Å². The molecule has 0 saturated heterocycles. The molecule has 0 bridgehead atoms. The molecular formula is C35H39ClN4O12S4. The molecule has 0 spiro atoms. The van der Waals surface area contributed by atoms with Gasteiger partial charge in [0.05, 0.1) is 27.7 Å². The first-order valence-electron chi connectivity index (χ1n) is 16.7. The van der Waals surface area contributed by atoms with Crippen LogP contribution in [0.5, 0.6) is 0 Å². The van der Waals surface area contributed by atoms with Crippen LogP contribution in [-0.2, 0) is 60.7 Å². The lowest BCUT2D eigenvalue weighted by Gasteiger charge is -2.26. The molecule has 1 aliphatic carbocycles. The number of benzene rings is 2. The fourth-order valence-corrected chi connectivity index (χ4v) is 9.37. The number of nitrogens with zero attached hydrogens (tertiary/aromatic N) is 2. The summed E-state index contributed by atoms with van der Waals surface area (Å²) in [6.45, 7) is 6.15. The van der Waals surface area contributed by atoms with Gasteiger partial charge in [0.15, 0.2) is 5.71 Å². The van der Waals surface area contributed by atoms with Gasteiger partial charge >= 0.3 is 0 Å². The van der Waals surface area contributed by atoms with Crippen LogP contribution in [0.4, 0.5) is 11.4 Å². The Morgan fingerprint density at radius 2 is 1.43 bits per heavy atom. The van der Waals surface area contributed by atoms with Gasteiger partial charge in [-0.05, 0) is 79.8 Å². The van der Waals surface area contributed by atoms with Gasteiger partial charge in [-0.25, -0.2) is 30.0 Å². The number of rotatable bonds is 11. The Kier molecular flexibility index (Phi) is 11.2. The molecule has 0 unspecified atom stereocenters. The molecule has 3 N–H and O–H groups in total. The van der Waals surface area contributed by atoms with Crippen LogP contribution < -0.4 is 14.3 Å². The van der Waals surface area contributed by atoms with Crippen molar-refractivity contribution in [2.75, 3.05) is 30.5 Å². The first-order valence-corrected chi connectivity index (χ1v) is 23.7. The van der Waals surface area contributed by atoms with E-state index in [1.54, 1.807) is 56.9 Å². The molecule has 2 aromatic rings. The van der Waals surface area contributed by atoms with Gasteiger partial charge in [0, 0.05) is 39.5 Å². The predicted octanol–water partition coefficient (Wildman–Crippen LogP) is 2.82. The van der Waals surface area contributed by atoms with Gasteiger partial charge in [-0.3, -0.25) is 18.9 Å². The smallest absolute Gasteiger partial charge is 0.299 e. The van der Waals surface area contributed by atoms with E-state index in [1.807, 2.05) is 9.44 Å². The third-order valence-corrected chi connectivity index (χ3v) is 13.0. The summed E-state index contributed by atoms with van der Waals surface area (Å²) in [4.78, 5) is 26.4. The van der Waals surface area contributed by atoms with Crippen LogP contribution >= 0.6 is 11.6 Å². The molecule has 3 aliphatic rings. The van der Waals surface area contributed by atoms with E-state index in [0.717, 1.165) is 18.6 Å². The molecule has 2 amide bonds. The second-order valence-corrected chi connectivity index (χ2v) is 21.3. The van der Waals surface area contributed by atoms with Crippen molar-refractivity contribution < 1.29 is 56.9 Å². The Morgan fingerprint density at radius 1 is 0.839 bits per heavy atom. The minimum atomic E-state index is -4.83. The van der Waals surface area contributed by atoms with E-state index in [1.165, 1.54) is 34.9 Å². The number of nitrogens with one attached hydrogen (secondary N) is 2. The van der Waals surface area contributed by atoms with Crippen molar-refractivity contribution in [3.8, 4) is 0 Å². The van der Waals surface area contributed by atoms with Gasteiger partial charge in [-0.15, -0.1) is 0 Å². The number of hydrogen-bond acceptors (Lipinski definition) is 12. The van der Waals surface area contributed by atoms with Gasteiger partial charge in [-0.2, -0.15) is 13.0 Å². The van der Waals surface area contributed by atoms with Gasteiger partial charge in [-0.1, -0.05) is 37.6 Å². The number of carbonyl (C=O) groups excluding carboxylic acids is 2. The third-order valence-electron chi connectivity index (χ3n) is 9.63. The highest BCUT2D eigenvalue weighted by Crippen LogP contribution is 2.49. The molecule has 0 saturated carbocycles. The summed E-state index contributed by atoms with van der Waals surface area (Å²) < 4.78 is 122. The lowest BCUT2D eigenvalue weighted by molar-refractivity contribution is -0.425. The Hall–Kier alpha value is -4.18. The largest absolute Gasteiger partial charge is 0.744 e. The molecule has 2 aliphatic heterocycles. The number of halogens is 1. The second kappa shape index (κ2) is 14.6. The van der Waals surface area contributed by atoms with Crippen molar-refractivity contribution in [3.63, 3.8) is 0 Å². The number of hydrogen-bond donors (Lipinski definition) is 3. The monoisotopic (exact) mass is 870 g/mol. The normalized spacial score (nSPS) is 19.6. The van der Waals surface area contributed by atoms with Crippen molar-refractivity contribution >= 4 is 80.8 Å². The number of allylic oxidation sites excluding steroid dienone is 8. The summed E-state index contributed by atoms with van der Waals surface area (Å²) in [5.74, 6) is -1.70. The van der Waals surface area contributed by atoms with Gasteiger partial charge < -0.3 is 9.45 Å². The maximum Gasteiger partial charge on any atom is 0.299 e. The van der Waals surface area contributed by atoms with Crippen molar-refractivity contribution in [1.29, 1.82) is 0 Å². The molecule has 2 heterocycles. The van der Waals surface area contributed by atoms with E-state index in [-0.39, 0.29) is 4.90 Å². The molecule has 0 aromatic heterocycles. The minimum absolute atomic E-state index is 0.362. The van der Waals surface area contributed by atoms with E-state index in [2.05, 4.69) is 0 Å². The standard InChI is InChI=1S/C35H39ClN4O12S4/c1-34(2)25-17-23(55(47,48)49)11-13-27(25)39(19-31(41)37-53(5,43)44)29(34)15-9-21-7-8-22(33(21)36)10-16-30-35(3,4)26-18-24(56(50,51)52)12-14-28(26)40(30)20-32(42)38-54(6,45)46/h9-18H,7-8,19-20H2,1-6H3,(H3-,37,38,41,42,47,48,49,50,51,52). The fraction of sp³-hybridized carbons (Fsp3) is 0.343. The topological polar surface area (TPSA) is 244 Å². The van der Waals surface area contributed by atoms with E-state index in [4.69, 9.17) is 11.6 Å². The average Bonchev–Trinajstić information content (AvgIpc) is 3.55. The van der Waals surface area contributed by atoms with Crippen molar-refractivity contribution in [2.24, 2.45) is 0 Å². The third kappa shape index (κ3) is 9.01. The highest BCUT2D eigenvalue weighted by molar-refractivity contribution is 7.89. The summed E-state index contributed by atoms with van der Waals surface area (Å²) in [6, 6.07) is 7.62. The number of sulfonamides is 2. The molecule has 21 heteroatoms. The molecule has 0 radical (unpaired) electrons. The van der Waals surface area contributed by atoms with Crippen LogP contribution in [-0.4, -0.2) is 90.5 Å². The molecule has 2 aromatic carbocycles. The highest BCUT2D eigenvalue weighted by atomic mass is 35.5. The number of fused-ring (bicyclic) bond motifs is 2. The Balaban J connectivity index is 1.55. The van der Waals surface area contributed by atoms with E-state index >= 15 is 0 Å². The van der Waals surface area contributed by atoms with Crippen LogP contribution in [0.1, 0.15) is 51.7 Å². The highest BCUT2D eigenvalue weighted by Gasteiger charge is 2.46. The Morgan fingerprint density at radius 3 is 2.02 bits per heavy atom. The summed E-state index contributed by atoms with van der Waals surface area (Å²) >= 11 is 6.90. The van der Waals surface area contributed by atoms with E-state index in [9.17, 15) is 52.4 Å². The molecule has 0 atom stereocenters. The second-order valence-electron chi connectivity index (χ2n) is 14.6. The lowest BCUT2D eigenvalue weighted by atomic mass is 9.81.